The number of rotatable bonds is 2. The molecule has 1 aliphatic rings. The van der Waals surface area contributed by atoms with Crippen molar-refractivity contribution >= 4 is 17.6 Å². The van der Waals surface area contributed by atoms with Gasteiger partial charge in [0.1, 0.15) is 19.0 Å². The van der Waals surface area contributed by atoms with Crippen molar-refractivity contribution < 1.29 is 29.6 Å². The monoisotopic (exact) mass is 260 g/mol. The van der Waals surface area contributed by atoms with Crippen LogP contribution in [0.25, 0.3) is 0 Å². The summed E-state index contributed by atoms with van der Waals surface area (Å²) in [6.07, 6.45) is -1.88. The molecular weight excluding hydrogens is 252 g/mol. The summed E-state index contributed by atoms with van der Waals surface area (Å²) in [7, 11) is 0. The Labute approximate surface area is 101 Å². The second kappa shape index (κ2) is 4.31. The molecule has 1 unspecified atom stereocenters. The zero-order chi connectivity index (χ0) is 12.6. The van der Waals surface area contributed by atoms with E-state index < -0.39 is 12.1 Å². The van der Waals surface area contributed by atoms with E-state index in [9.17, 15) is 15.0 Å². The minimum atomic E-state index is -1.88. The number of phenolic OH excluding ortho intramolecular Hbond substituents is 1. The fraction of sp³-hybridized carbons (Fsp3) is 0.300. The van der Waals surface area contributed by atoms with E-state index in [4.69, 9.17) is 26.2 Å². The molecule has 1 atom stereocenters. The van der Waals surface area contributed by atoms with Crippen LogP contribution in [-0.2, 0) is 4.79 Å². The number of carbonyl (C=O) groups is 1. The first-order valence-corrected chi connectivity index (χ1v) is 5.12. The molecule has 1 aromatic rings. The van der Waals surface area contributed by atoms with Crippen LogP contribution in [0.2, 0.25) is 5.02 Å². The SMILES string of the molecule is O=C(O)C(O)c1c(Cl)c(O)cc2c1OCCO2. The van der Waals surface area contributed by atoms with Gasteiger partial charge in [0.05, 0.1) is 10.6 Å². The van der Waals surface area contributed by atoms with Gasteiger partial charge in [-0.25, -0.2) is 4.79 Å². The van der Waals surface area contributed by atoms with Crippen molar-refractivity contribution in [1.29, 1.82) is 0 Å². The van der Waals surface area contributed by atoms with E-state index in [1.165, 1.54) is 6.07 Å². The van der Waals surface area contributed by atoms with Gasteiger partial charge in [0.2, 0.25) is 0 Å². The Morgan fingerprint density at radius 3 is 2.71 bits per heavy atom. The van der Waals surface area contributed by atoms with E-state index in [0.29, 0.717) is 0 Å². The average molecular weight is 261 g/mol. The molecule has 0 aromatic heterocycles. The lowest BCUT2D eigenvalue weighted by Gasteiger charge is -2.23. The number of aliphatic hydroxyl groups is 1. The number of benzene rings is 1. The number of ether oxygens (including phenoxy) is 2. The molecule has 0 amide bonds. The van der Waals surface area contributed by atoms with Crippen LogP contribution < -0.4 is 9.47 Å². The van der Waals surface area contributed by atoms with Crippen molar-refractivity contribution in [2.45, 2.75) is 6.10 Å². The second-order valence-electron chi connectivity index (χ2n) is 3.39. The first-order valence-electron chi connectivity index (χ1n) is 4.74. The van der Waals surface area contributed by atoms with E-state index in [0.717, 1.165) is 0 Å². The number of carboxylic acids is 1. The van der Waals surface area contributed by atoms with Crippen LogP contribution in [0.5, 0.6) is 17.2 Å². The third-order valence-electron chi connectivity index (χ3n) is 2.29. The Hall–Kier alpha value is -1.66. The Morgan fingerprint density at radius 1 is 1.41 bits per heavy atom. The maximum Gasteiger partial charge on any atom is 0.337 e. The van der Waals surface area contributed by atoms with Crippen LogP contribution >= 0.6 is 11.6 Å². The molecule has 17 heavy (non-hydrogen) atoms. The standard InChI is InChI=1S/C10H9ClO6/c11-7-4(12)3-5-9(17-2-1-16-5)6(7)8(13)10(14)15/h3,8,12-13H,1-2H2,(H,14,15). The molecule has 1 aliphatic heterocycles. The van der Waals surface area contributed by atoms with Gasteiger partial charge in [0.15, 0.2) is 17.6 Å². The summed E-state index contributed by atoms with van der Waals surface area (Å²) in [6.45, 7) is 0.490. The molecule has 7 heteroatoms. The molecular formula is C10H9ClO6. The maximum atomic E-state index is 10.8. The van der Waals surface area contributed by atoms with E-state index in [1.807, 2.05) is 0 Å². The Kier molecular flexibility index (Phi) is 2.99. The molecule has 2 rings (SSSR count). The summed E-state index contributed by atoms with van der Waals surface area (Å²) < 4.78 is 10.4. The fourth-order valence-electron chi connectivity index (χ4n) is 1.54. The van der Waals surface area contributed by atoms with Gasteiger partial charge in [0.25, 0.3) is 0 Å². The first kappa shape index (κ1) is 11.8. The molecule has 6 nitrogen and oxygen atoms in total. The number of halogens is 1. The van der Waals surface area contributed by atoms with Crippen molar-refractivity contribution in [3.05, 3.63) is 16.7 Å². The minimum Gasteiger partial charge on any atom is -0.506 e. The van der Waals surface area contributed by atoms with Gasteiger partial charge in [-0.1, -0.05) is 11.6 Å². The van der Waals surface area contributed by atoms with Gasteiger partial charge in [-0.15, -0.1) is 0 Å². The van der Waals surface area contributed by atoms with Crippen LogP contribution in [0.1, 0.15) is 11.7 Å². The lowest BCUT2D eigenvalue weighted by molar-refractivity contribution is -0.147. The molecule has 0 saturated carbocycles. The summed E-state index contributed by atoms with van der Waals surface area (Å²) in [4.78, 5) is 10.8. The van der Waals surface area contributed by atoms with Gasteiger partial charge >= 0.3 is 5.97 Å². The van der Waals surface area contributed by atoms with E-state index in [2.05, 4.69) is 0 Å². The molecule has 0 saturated heterocycles. The van der Waals surface area contributed by atoms with Crippen LogP contribution in [0, 0.1) is 0 Å². The van der Waals surface area contributed by atoms with E-state index in [1.54, 1.807) is 0 Å². The summed E-state index contributed by atoms with van der Waals surface area (Å²) >= 11 is 5.76. The predicted molar refractivity (Wildman–Crippen MR) is 56.7 cm³/mol. The van der Waals surface area contributed by atoms with Crippen LogP contribution in [0.3, 0.4) is 0 Å². The minimum absolute atomic E-state index is 0.0500. The number of fused-ring (bicyclic) bond motifs is 1. The molecule has 0 radical (unpaired) electrons. The molecule has 0 spiro atoms. The van der Waals surface area contributed by atoms with Gasteiger partial charge in [0, 0.05) is 6.07 Å². The summed E-state index contributed by atoms with van der Waals surface area (Å²) in [5.41, 5.74) is -0.200. The lowest BCUT2D eigenvalue weighted by Crippen LogP contribution is -2.20. The highest BCUT2D eigenvalue weighted by Gasteiger charge is 2.30. The Bertz CT molecular complexity index is 472. The van der Waals surface area contributed by atoms with Crippen LogP contribution in [-0.4, -0.2) is 34.5 Å². The van der Waals surface area contributed by atoms with E-state index in [-0.39, 0.29) is 41.0 Å². The summed E-state index contributed by atoms with van der Waals surface area (Å²) in [5, 5.41) is 27.5. The maximum absolute atomic E-state index is 10.8. The zero-order valence-corrected chi connectivity index (χ0v) is 9.27. The molecule has 0 aliphatic carbocycles. The normalized spacial score (nSPS) is 15.4. The molecule has 3 N–H and O–H groups in total. The van der Waals surface area contributed by atoms with Crippen molar-refractivity contribution in [3.63, 3.8) is 0 Å². The third kappa shape index (κ3) is 1.96. The quantitative estimate of drug-likeness (QED) is 0.732. The highest BCUT2D eigenvalue weighted by molar-refractivity contribution is 6.33. The van der Waals surface area contributed by atoms with Gasteiger partial charge in [-0.3, -0.25) is 0 Å². The number of hydrogen-bond acceptors (Lipinski definition) is 5. The molecule has 1 aromatic carbocycles. The highest BCUT2D eigenvalue weighted by atomic mass is 35.5. The molecule has 92 valence electrons. The Morgan fingerprint density at radius 2 is 2.06 bits per heavy atom. The molecule has 1 heterocycles. The predicted octanol–water partition coefficient (Wildman–Crippen LogP) is 0.935. The van der Waals surface area contributed by atoms with Crippen molar-refractivity contribution in [2.75, 3.05) is 13.2 Å². The highest BCUT2D eigenvalue weighted by Crippen LogP contribution is 2.46. The number of carboxylic acid groups (broad SMARTS) is 1. The van der Waals surface area contributed by atoms with Gasteiger partial charge < -0.3 is 24.8 Å². The smallest absolute Gasteiger partial charge is 0.337 e. The van der Waals surface area contributed by atoms with Crippen LogP contribution in [0.15, 0.2) is 6.07 Å². The first-order chi connectivity index (χ1) is 8.02. The van der Waals surface area contributed by atoms with Gasteiger partial charge in [-0.2, -0.15) is 0 Å². The fourth-order valence-corrected chi connectivity index (χ4v) is 1.79. The largest absolute Gasteiger partial charge is 0.506 e. The van der Waals surface area contributed by atoms with Crippen molar-refractivity contribution in [2.24, 2.45) is 0 Å². The third-order valence-corrected chi connectivity index (χ3v) is 2.69. The lowest BCUT2D eigenvalue weighted by atomic mass is 10.1. The van der Waals surface area contributed by atoms with Crippen molar-refractivity contribution in [3.8, 4) is 17.2 Å². The van der Waals surface area contributed by atoms with Gasteiger partial charge in [-0.05, 0) is 0 Å². The topological polar surface area (TPSA) is 96.2 Å². The molecule has 0 bridgehead atoms. The van der Waals surface area contributed by atoms with Crippen LogP contribution in [0.4, 0.5) is 0 Å². The number of aromatic hydroxyl groups is 1. The summed E-state index contributed by atoms with van der Waals surface area (Å²) in [6, 6.07) is 1.22. The zero-order valence-electron chi connectivity index (χ0n) is 8.51. The van der Waals surface area contributed by atoms with Crippen molar-refractivity contribution in [1.82, 2.24) is 0 Å². The molecule has 0 fully saturated rings. The van der Waals surface area contributed by atoms with E-state index >= 15 is 0 Å². The number of aliphatic carboxylic acids is 1. The second-order valence-corrected chi connectivity index (χ2v) is 3.77. The summed E-state index contributed by atoms with van der Waals surface area (Å²) in [5.74, 6) is -1.65. The Balaban J connectivity index is 2.62. The number of aliphatic hydroxyl groups excluding tert-OH is 1. The number of hydrogen-bond donors (Lipinski definition) is 3. The average Bonchev–Trinajstić information content (AvgIpc) is 2.30. The number of phenols is 1.